The Hall–Kier alpha value is -2.44. The number of rotatable bonds is 7. The summed E-state index contributed by atoms with van der Waals surface area (Å²) in [6.07, 6.45) is 2.40. The average Bonchev–Trinajstić information content (AvgIpc) is 3.35. The van der Waals surface area contributed by atoms with Gasteiger partial charge < -0.3 is 14.8 Å². The first-order valence-corrected chi connectivity index (χ1v) is 11.5. The number of hydrogen-bond acceptors (Lipinski definition) is 5. The number of hydrogen-bond donors (Lipinski definition) is 1. The Morgan fingerprint density at radius 2 is 1.87 bits per heavy atom. The number of likely N-dealkylation sites (tertiary alicyclic amines) is 1. The highest BCUT2D eigenvalue weighted by Gasteiger charge is 2.27. The van der Waals surface area contributed by atoms with Crippen LogP contribution in [0.1, 0.15) is 30.0 Å². The van der Waals surface area contributed by atoms with E-state index in [9.17, 15) is 4.79 Å². The fourth-order valence-electron chi connectivity index (χ4n) is 4.00. The van der Waals surface area contributed by atoms with E-state index in [1.54, 1.807) is 18.9 Å². The highest BCUT2D eigenvalue weighted by atomic mass is 32.2. The molecule has 0 bridgehead atoms. The predicted octanol–water partition coefficient (Wildman–Crippen LogP) is 4.08. The maximum absolute atomic E-state index is 13.1. The first-order chi connectivity index (χ1) is 14.8. The molecule has 1 fully saturated rings. The van der Waals surface area contributed by atoms with Crippen molar-refractivity contribution in [2.75, 3.05) is 39.1 Å². The van der Waals surface area contributed by atoms with Crippen molar-refractivity contribution < 1.29 is 14.3 Å². The smallest absolute Gasteiger partial charge is 0.287 e. The van der Waals surface area contributed by atoms with Gasteiger partial charge in [-0.15, -0.1) is 11.8 Å². The van der Waals surface area contributed by atoms with Crippen molar-refractivity contribution in [3.8, 4) is 5.75 Å². The number of carbonyl (C=O) groups is 1. The van der Waals surface area contributed by atoms with Crippen molar-refractivity contribution in [2.45, 2.75) is 18.9 Å². The van der Waals surface area contributed by atoms with Gasteiger partial charge in [0.15, 0.2) is 5.76 Å². The highest BCUT2D eigenvalue weighted by Crippen LogP contribution is 2.35. The van der Waals surface area contributed by atoms with Gasteiger partial charge in [0.1, 0.15) is 5.75 Å². The molecule has 2 aromatic rings. The largest absolute Gasteiger partial charge is 0.497 e. The molecule has 2 aromatic carbocycles. The van der Waals surface area contributed by atoms with E-state index in [4.69, 9.17) is 9.47 Å². The summed E-state index contributed by atoms with van der Waals surface area (Å²) in [5.41, 5.74) is 2.22. The third-order valence-electron chi connectivity index (χ3n) is 5.56. The lowest BCUT2D eigenvalue weighted by Gasteiger charge is -2.29. The summed E-state index contributed by atoms with van der Waals surface area (Å²) in [7, 11) is 1.67. The molecule has 0 spiro atoms. The second-order valence-electron chi connectivity index (χ2n) is 7.46. The van der Waals surface area contributed by atoms with Crippen LogP contribution in [0.2, 0.25) is 0 Å². The molecule has 0 saturated carbocycles. The normalized spacial score (nSPS) is 18.0. The minimum absolute atomic E-state index is 0.138. The standard InChI is InChI=1S/C24H28N2O3S/c1-28-20-11-9-18(10-12-20)21(26-13-5-6-14-26)17-25-24(27)22-23(30-16-15-29-22)19-7-3-2-4-8-19/h2-4,7-12,21H,5-6,13-17H2,1H3,(H,25,27)/t21-/m0/s1. The molecule has 6 heteroatoms. The molecule has 2 aliphatic rings. The first kappa shape index (κ1) is 20.8. The van der Waals surface area contributed by atoms with E-state index in [0.717, 1.165) is 35.1 Å². The number of carbonyl (C=O) groups excluding carboxylic acids is 1. The van der Waals surface area contributed by atoms with Gasteiger partial charge >= 0.3 is 0 Å². The molecule has 0 radical (unpaired) electrons. The van der Waals surface area contributed by atoms with Crippen LogP contribution in [0.15, 0.2) is 60.4 Å². The van der Waals surface area contributed by atoms with Gasteiger partial charge in [0.25, 0.3) is 5.91 Å². The van der Waals surface area contributed by atoms with E-state index >= 15 is 0 Å². The lowest BCUT2D eigenvalue weighted by atomic mass is 10.1. The molecule has 5 nitrogen and oxygen atoms in total. The van der Waals surface area contributed by atoms with Crippen molar-refractivity contribution >= 4 is 22.6 Å². The van der Waals surface area contributed by atoms with Crippen molar-refractivity contribution in [2.24, 2.45) is 0 Å². The van der Waals surface area contributed by atoms with Crippen LogP contribution in [0.25, 0.3) is 4.91 Å². The molecule has 1 amide bonds. The lowest BCUT2D eigenvalue weighted by molar-refractivity contribution is -0.121. The Kier molecular flexibility index (Phi) is 6.97. The van der Waals surface area contributed by atoms with Gasteiger partial charge in [-0.3, -0.25) is 9.69 Å². The molecule has 4 rings (SSSR count). The van der Waals surface area contributed by atoms with E-state index in [2.05, 4.69) is 22.3 Å². The number of benzene rings is 2. The minimum atomic E-state index is -0.140. The summed E-state index contributed by atoms with van der Waals surface area (Å²) in [6, 6.07) is 18.3. The topological polar surface area (TPSA) is 50.8 Å². The van der Waals surface area contributed by atoms with Crippen LogP contribution >= 0.6 is 11.8 Å². The van der Waals surface area contributed by atoms with Gasteiger partial charge in [0.05, 0.1) is 24.7 Å². The highest BCUT2D eigenvalue weighted by molar-refractivity contribution is 8.08. The van der Waals surface area contributed by atoms with E-state index in [-0.39, 0.29) is 11.9 Å². The summed E-state index contributed by atoms with van der Waals surface area (Å²) in [4.78, 5) is 16.5. The van der Waals surface area contributed by atoms with E-state index in [1.165, 1.54) is 18.4 Å². The monoisotopic (exact) mass is 424 g/mol. The SMILES string of the molecule is COc1ccc([C@H](CNC(=O)C2=C(c3ccccc3)SCCO2)N2CCCC2)cc1. The van der Waals surface area contributed by atoms with Gasteiger partial charge in [0, 0.05) is 12.3 Å². The molecule has 0 aliphatic carbocycles. The predicted molar refractivity (Wildman–Crippen MR) is 121 cm³/mol. The summed E-state index contributed by atoms with van der Waals surface area (Å²) < 4.78 is 11.1. The summed E-state index contributed by atoms with van der Waals surface area (Å²) in [5, 5.41) is 3.15. The fraction of sp³-hybridized carbons (Fsp3) is 0.375. The zero-order valence-electron chi connectivity index (χ0n) is 17.3. The first-order valence-electron chi connectivity index (χ1n) is 10.5. The number of ether oxygens (including phenoxy) is 2. The zero-order valence-corrected chi connectivity index (χ0v) is 18.1. The average molecular weight is 425 g/mol. The van der Waals surface area contributed by atoms with Crippen LogP contribution in [0.5, 0.6) is 5.75 Å². The van der Waals surface area contributed by atoms with Crippen LogP contribution in [-0.4, -0.2) is 49.9 Å². The van der Waals surface area contributed by atoms with Crippen LogP contribution in [-0.2, 0) is 9.53 Å². The van der Waals surface area contributed by atoms with E-state index in [0.29, 0.717) is 18.9 Å². The second-order valence-corrected chi connectivity index (χ2v) is 8.57. The van der Waals surface area contributed by atoms with Crippen molar-refractivity contribution in [1.29, 1.82) is 0 Å². The summed E-state index contributed by atoms with van der Waals surface area (Å²) in [5.74, 6) is 1.99. The van der Waals surface area contributed by atoms with Crippen LogP contribution in [0.4, 0.5) is 0 Å². The second kappa shape index (κ2) is 10.0. The third-order valence-corrected chi connectivity index (χ3v) is 6.64. The van der Waals surface area contributed by atoms with Crippen molar-refractivity contribution in [1.82, 2.24) is 10.2 Å². The maximum Gasteiger partial charge on any atom is 0.287 e. The number of amides is 1. The molecular weight excluding hydrogens is 396 g/mol. The third kappa shape index (κ3) is 4.82. The lowest BCUT2D eigenvalue weighted by Crippen LogP contribution is -2.38. The number of nitrogens with one attached hydrogen (secondary N) is 1. The molecule has 1 N–H and O–H groups in total. The number of nitrogens with zero attached hydrogens (tertiary/aromatic N) is 1. The quantitative estimate of drug-likeness (QED) is 0.726. The molecule has 0 aromatic heterocycles. The van der Waals surface area contributed by atoms with Crippen molar-refractivity contribution in [3.05, 3.63) is 71.5 Å². The van der Waals surface area contributed by atoms with Crippen LogP contribution in [0, 0.1) is 0 Å². The molecular formula is C24H28N2O3S. The molecule has 2 aliphatic heterocycles. The molecule has 1 saturated heterocycles. The Morgan fingerprint density at radius 3 is 2.57 bits per heavy atom. The Bertz CT molecular complexity index is 877. The minimum Gasteiger partial charge on any atom is -0.497 e. The van der Waals surface area contributed by atoms with Gasteiger partial charge in [0.2, 0.25) is 0 Å². The van der Waals surface area contributed by atoms with E-state index < -0.39 is 0 Å². The molecule has 158 valence electrons. The maximum atomic E-state index is 13.1. The van der Waals surface area contributed by atoms with Crippen LogP contribution in [0.3, 0.4) is 0 Å². The number of thioether (sulfide) groups is 1. The molecule has 30 heavy (non-hydrogen) atoms. The Balaban J connectivity index is 1.52. The summed E-state index contributed by atoms with van der Waals surface area (Å²) in [6.45, 7) is 3.20. The summed E-state index contributed by atoms with van der Waals surface area (Å²) >= 11 is 1.68. The number of methoxy groups -OCH3 is 1. The Labute approximate surface area is 182 Å². The molecule has 2 heterocycles. The molecule has 1 atom stereocenters. The van der Waals surface area contributed by atoms with E-state index in [1.807, 2.05) is 42.5 Å². The molecule has 0 unspecified atom stereocenters. The fourth-order valence-corrected chi connectivity index (χ4v) is 4.95. The van der Waals surface area contributed by atoms with Crippen LogP contribution < -0.4 is 10.1 Å². The zero-order chi connectivity index (χ0) is 20.8. The van der Waals surface area contributed by atoms with Gasteiger partial charge in [-0.1, -0.05) is 42.5 Å². The van der Waals surface area contributed by atoms with Gasteiger partial charge in [-0.05, 0) is 49.2 Å². The van der Waals surface area contributed by atoms with Crippen molar-refractivity contribution in [3.63, 3.8) is 0 Å². The van der Waals surface area contributed by atoms with Gasteiger partial charge in [-0.2, -0.15) is 0 Å². The van der Waals surface area contributed by atoms with Gasteiger partial charge in [-0.25, -0.2) is 0 Å². The Morgan fingerprint density at radius 1 is 1.13 bits per heavy atom.